The molecule has 0 unspecified atom stereocenters. The lowest BCUT2D eigenvalue weighted by Gasteiger charge is -2.11. The summed E-state index contributed by atoms with van der Waals surface area (Å²) in [6, 6.07) is 4.68. The molecule has 1 aromatic heterocycles. The maximum atomic E-state index is 13.8. The van der Waals surface area contributed by atoms with Crippen LogP contribution in [0.5, 0.6) is 5.19 Å². The molecule has 8 heteroatoms. The van der Waals surface area contributed by atoms with Crippen molar-refractivity contribution in [3.05, 3.63) is 29.6 Å². The van der Waals surface area contributed by atoms with Crippen LogP contribution in [0.3, 0.4) is 0 Å². The molecule has 2 aromatic rings. The smallest absolute Gasteiger partial charge is 0.295 e. The van der Waals surface area contributed by atoms with Gasteiger partial charge in [-0.25, -0.2) is 4.39 Å². The predicted molar refractivity (Wildman–Crippen MR) is 90.8 cm³/mol. The van der Waals surface area contributed by atoms with Crippen molar-refractivity contribution in [1.29, 1.82) is 0 Å². The Hall–Kier alpha value is -1.67. The summed E-state index contributed by atoms with van der Waals surface area (Å²) in [6.45, 7) is 7.33. The molecule has 1 amide bonds. The van der Waals surface area contributed by atoms with Gasteiger partial charge in [0.05, 0.1) is 17.0 Å². The van der Waals surface area contributed by atoms with Crippen LogP contribution in [0, 0.1) is 12.7 Å². The second kappa shape index (κ2) is 7.74. The van der Waals surface area contributed by atoms with E-state index in [2.05, 4.69) is 15.5 Å². The molecular weight excluding hydrogens is 337 g/mol. The molecule has 0 saturated carbocycles. The van der Waals surface area contributed by atoms with Gasteiger partial charge in [0.15, 0.2) is 4.34 Å². The minimum absolute atomic E-state index is 0.0195. The third kappa shape index (κ3) is 5.18. The zero-order valence-corrected chi connectivity index (χ0v) is 14.9. The Morgan fingerprint density at radius 3 is 2.74 bits per heavy atom. The average Bonchev–Trinajstić information content (AvgIpc) is 2.88. The summed E-state index contributed by atoms with van der Waals surface area (Å²) in [6.07, 6.45) is 0.0195. The van der Waals surface area contributed by atoms with Gasteiger partial charge >= 0.3 is 0 Å². The second-order valence-corrected chi connectivity index (χ2v) is 7.76. The molecule has 1 aromatic carbocycles. The third-order valence-electron chi connectivity index (χ3n) is 2.75. The number of hydrogen-bond acceptors (Lipinski definition) is 6. The first-order valence-electron chi connectivity index (χ1n) is 7.09. The van der Waals surface area contributed by atoms with Gasteiger partial charge in [0.25, 0.3) is 5.19 Å². The molecule has 0 aliphatic heterocycles. The largest absolute Gasteiger partial charge is 0.466 e. The van der Waals surface area contributed by atoms with E-state index in [1.54, 1.807) is 26.0 Å². The van der Waals surface area contributed by atoms with Crippen molar-refractivity contribution in [2.75, 3.05) is 5.32 Å². The number of thioether (sulfide) groups is 1. The molecule has 0 aliphatic rings. The Kier molecular flexibility index (Phi) is 5.95. The van der Waals surface area contributed by atoms with Crippen molar-refractivity contribution < 1.29 is 13.9 Å². The highest BCUT2D eigenvalue weighted by molar-refractivity contribution is 8.02. The lowest BCUT2D eigenvalue weighted by Crippen LogP contribution is -2.22. The number of ether oxygens (including phenoxy) is 1. The molecule has 0 spiro atoms. The first kappa shape index (κ1) is 17.7. The fraction of sp³-hybridized carbons (Fsp3) is 0.400. The summed E-state index contributed by atoms with van der Waals surface area (Å²) < 4.78 is 19.8. The third-order valence-corrected chi connectivity index (χ3v) is 4.75. The average molecular weight is 355 g/mol. The Morgan fingerprint density at radius 2 is 2.09 bits per heavy atom. The van der Waals surface area contributed by atoms with Crippen LogP contribution in [-0.4, -0.2) is 27.5 Å². The molecular formula is C15H18FN3O2S2. The van der Waals surface area contributed by atoms with Crippen molar-refractivity contribution in [3.8, 4) is 5.19 Å². The highest BCUT2D eigenvalue weighted by atomic mass is 32.2. The number of nitrogens with one attached hydrogen (secondary N) is 1. The van der Waals surface area contributed by atoms with Gasteiger partial charge < -0.3 is 10.1 Å². The van der Waals surface area contributed by atoms with Gasteiger partial charge in [-0.15, -0.1) is 5.10 Å². The van der Waals surface area contributed by atoms with Gasteiger partial charge in [-0.3, -0.25) is 4.79 Å². The van der Waals surface area contributed by atoms with Gasteiger partial charge in [0, 0.05) is 0 Å². The van der Waals surface area contributed by atoms with Crippen LogP contribution in [0.15, 0.2) is 22.5 Å². The van der Waals surface area contributed by atoms with E-state index < -0.39 is 11.1 Å². The maximum absolute atomic E-state index is 13.8. The van der Waals surface area contributed by atoms with Crippen LogP contribution in [0.2, 0.25) is 0 Å². The summed E-state index contributed by atoms with van der Waals surface area (Å²) >= 11 is 2.54. The molecule has 1 N–H and O–H groups in total. The van der Waals surface area contributed by atoms with Gasteiger partial charge in [-0.2, -0.15) is 0 Å². The van der Waals surface area contributed by atoms with Crippen LogP contribution in [-0.2, 0) is 4.79 Å². The van der Waals surface area contributed by atoms with Crippen molar-refractivity contribution in [3.63, 3.8) is 0 Å². The van der Waals surface area contributed by atoms with E-state index in [-0.39, 0.29) is 17.7 Å². The highest BCUT2D eigenvalue weighted by Gasteiger charge is 2.19. The Labute approximate surface area is 142 Å². The van der Waals surface area contributed by atoms with E-state index in [1.165, 1.54) is 29.2 Å². The van der Waals surface area contributed by atoms with E-state index in [4.69, 9.17) is 4.74 Å². The minimum atomic E-state index is -0.445. The van der Waals surface area contributed by atoms with Crippen LogP contribution in [0.25, 0.3) is 0 Å². The second-order valence-electron chi connectivity index (χ2n) is 5.23. The molecule has 0 bridgehead atoms. The van der Waals surface area contributed by atoms with Gasteiger partial charge in [-0.05, 0) is 56.7 Å². The zero-order valence-electron chi connectivity index (χ0n) is 13.3. The molecule has 0 radical (unpaired) electrons. The number of rotatable bonds is 6. The number of anilines is 1. The quantitative estimate of drug-likeness (QED) is 0.797. The van der Waals surface area contributed by atoms with Crippen molar-refractivity contribution >= 4 is 34.7 Å². The van der Waals surface area contributed by atoms with Crippen molar-refractivity contribution in [2.45, 2.75) is 43.4 Å². The summed E-state index contributed by atoms with van der Waals surface area (Å²) in [5, 5.41) is 10.5. The van der Waals surface area contributed by atoms with E-state index in [1.807, 2.05) is 13.8 Å². The number of benzene rings is 1. The number of halogens is 1. The molecule has 0 aliphatic carbocycles. The normalized spacial score (nSPS) is 12.3. The minimum Gasteiger partial charge on any atom is -0.466 e. The standard InChI is InChI=1S/C15H18FN3O2S2/c1-8(2)21-14-18-19-15(23-14)22-10(4)13(20)17-12-6-5-9(3)7-11(12)16/h5-8,10H,1-4H3,(H,17,20)/t10-/m1/s1. The molecule has 2 rings (SSSR count). The Balaban J connectivity index is 1.95. The summed E-state index contributed by atoms with van der Waals surface area (Å²) in [7, 11) is 0. The first-order valence-corrected chi connectivity index (χ1v) is 8.78. The van der Waals surface area contributed by atoms with Crippen LogP contribution in [0.1, 0.15) is 26.3 Å². The lowest BCUT2D eigenvalue weighted by atomic mass is 10.2. The molecule has 23 heavy (non-hydrogen) atoms. The molecule has 1 atom stereocenters. The number of amides is 1. The first-order chi connectivity index (χ1) is 10.8. The number of aryl methyl sites for hydroxylation is 1. The SMILES string of the molecule is Cc1ccc(NC(=O)[C@@H](C)Sc2nnc(OC(C)C)s2)c(F)c1. The number of carbonyl (C=O) groups excluding carboxylic acids is 1. The number of aromatic nitrogens is 2. The summed E-state index contributed by atoms with van der Waals surface area (Å²) in [4.78, 5) is 12.2. The van der Waals surface area contributed by atoms with Gasteiger partial charge in [0.2, 0.25) is 5.91 Å². The topological polar surface area (TPSA) is 64.1 Å². The van der Waals surface area contributed by atoms with Gasteiger partial charge in [-0.1, -0.05) is 22.9 Å². The number of nitrogens with zero attached hydrogens (tertiary/aromatic N) is 2. The Morgan fingerprint density at radius 1 is 1.35 bits per heavy atom. The number of carbonyl (C=O) groups is 1. The van der Waals surface area contributed by atoms with E-state index >= 15 is 0 Å². The van der Waals surface area contributed by atoms with E-state index in [0.717, 1.165) is 5.56 Å². The van der Waals surface area contributed by atoms with Crippen LogP contribution < -0.4 is 10.1 Å². The predicted octanol–water partition coefficient (Wildman–Crippen LogP) is 3.89. The fourth-order valence-electron chi connectivity index (χ4n) is 1.65. The van der Waals surface area contributed by atoms with Crippen LogP contribution in [0.4, 0.5) is 10.1 Å². The molecule has 0 saturated heterocycles. The summed E-state index contributed by atoms with van der Waals surface area (Å²) in [5.74, 6) is -0.738. The maximum Gasteiger partial charge on any atom is 0.295 e. The molecule has 1 heterocycles. The number of hydrogen-bond donors (Lipinski definition) is 1. The van der Waals surface area contributed by atoms with E-state index in [9.17, 15) is 9.18 Å². The van der Waals surface area contributed by atoms with Gasteiger partial charge in [0.1, 0.15) is 5.82 Å². The highest BCUT2D eigenvalue weighted by Crippen LogP contribution is 2.31. The van der Waals surface area contributed by atoms with E-state index in [0.29, 0.717) is 9.53 Å². The molecule has 5 nitrogen and oxygen atoms in total. The summed E-state index contributed by atoms with van der Waals surface area (Å²) in [5.41, 5.74) is 0.976. The molecule has 0 fully saturated rings. The zero-order chi connectivity index (χ0) is 17.0. The van der Waals surface area contributed by atoms with Crippen LogP contribution >= 0.6 is 23.1 Å². The fourth-order valence-corrected chi connectivity index (χ4v) is 3.60. The Bertz CT molecular complexity index is 691. The van der Waals surface area contributed by atoms with Crippen molar-refractivity contribution in [1.82, 2.24) is 10.2 Å². The lowest BCUT2D eigenvalue weighted by molar-refractivity contribution is -0.115. The van der Waals surface area contributed by atoms with Crippen molar-refractivity contribution in [2.24, 2.45) is 0 Å². The molecule has 124 valence electrons. The monoisotopic (exact) mass is 355 g/mol.